The number of aromatic nitrogens is 1. The van der Waals surface area contributed by atoms with Gasteiger partial charge in [0.15, 0.2) is 0 Å². The lowest BCUT2D eigenvalue weighted by atomic mass is 9.95. The molecule has 0 bridgehead atoms. The summed E-state index contributed by atoms with van der Waals surface area (Å²) >= 11 is 1.59. The summed E-state index contributed by atoms with van der Waals surface area (Å²) in [4.78, 5) is 32.3. The molecular formula is C32H27FN4O2S. The Bertz CT molecular complexity index is 1720. The molecule has 5 aromatic rings. The first kappa shape index (κ1) is 25.7. The summed E-state index contributed by atoms with van der Waals surface area (Å²) in [5.41, 5.74) is 4.79. The number of thiophene rings is 1. The zero-order valence-electron chi connectivity index (χ0n) is 21.7. The number of anilines is 2. The molecule has 8 heteroatoms. The fourth-order valence-corrected chi connectivity index (χ4v) is 6.35. The van der Waals surface area contributed by atoms with E-state index in [2.05, 4.69) is 10.6 Å². The molecule has 1 aliphatic rings. The van der Waals surface area contributed by atoms with E-state index in [0.29, 0.717) is 16.3 Å². The van der Waals surface area contributed by atoms with Crippen molar-refractivity contribution < 1.29 is 14.0 Å². The minimum Gasteiger partial charge on any atom is -0.337 e. The number of nitrogens with zero attached hydrogens (tertiary/aromatic N) is 2. The normalized spacial score (nSPS) is 12.9. The van der Waals surface area contributed by atoms with Crippen molar-refractivity contribution in [3.05, 3.63) is 112 Å². The Morgan fingerprint density at radius 3 is 2.45 bits per heavy atom. The van der Waals surface area contributed by atoms with E-state index in [9.17, 15) is 14.0 Å². The second-order valence-electron chi connectivity index (χ2n) is 9.75. The Labute approximate surface area is 235 Å². The van der Waals surface area contributed by atoms with Crippen LogP contribution in [0.3, 0.4) is 0 Å². The maximum atomic E-state index is 13.4. The van der Waals surface area contributed by atoms with Gasteiger partial charge in [0.05, 0.1) is 5.56 Å². The number of aliphatic imine (C=N–C) groups is 1. The van der Waals surface area contributed by atoms with Crippen LogP contribution >= 0.6 is 11.3 Å². The molecule has 2 heterocycles. The molecule has 0 spiro atoms. The largest absolute Gasteiger partial charge is 0.337 e. The number of aryl methyl sites for hydroxylation is 1. The molecule has 6 nitrogen and oxygen atoms in total. The molecule has 6 rings (SSSR count). The number of carbonyl (C=O) groups excluding carboxylic acids is 2. The van der Waals surface area contributed by atoms with Crippen molar-refractivity contribution in [2.75, 3.05) is 10.6 Å². The number of para-hydroxylation sites is 2. The Morgan fingerprint density at radius 2 is 1.62 bits per heavy atom. The molecule has 0 saturated carbocycles. The highest BCUT2D eigenvalue weighted by molar-refractivity contribution is 7.16. The quantitative estimate of drug-likeness (QED) is 0.208. The number of carbonyl (C=O) groups is 2. The average molecular weight is 551 g/mol. The smallest absolute Gasteiger partial charge is 0.259 e. The number of rotatable bonds is 7. The van der Waals surface area contributed by atoms with Crippen molar-refractivity contribution >= 4 is 56.6 Å². The number of fused-ring (bicyclic) bond motifs is 2. The first-order chi connectivity index (χ1) is 19.5. The summed E-state index contributed by atoms with van der Waals surface area (Å²) < 4.78 is 15.1. The zero-order chi connectivity index (χ0) is 27.5. The highest BCUT2D eigenvalue weighted by atomic mass is 32.1. The first-order valence-corrected chi connectivity index (χ1v) is 14.0. The molecule has 0 fully saturated rings. The van der Waals surface area contributed by atoms with E-state index < -0.39 is 0 Å². The number of halogens is 1. The molecular weight excluding hydrogens is 523 g/mol. The molecule has 0 unspecified atom stereocenters. The van der Waals surface area contributed by atoms with E-state index in [4.69, 9.17) is 4.99 Å². The standard InChI is InChI=1S/C32H27FN4O2S/c33-22-14-16-24(17-15-22)35-29(38)20-37-19-21(25-10-4-6-12-27(25)37)18-34-32-30(26-11-5-7-13-28(26)40-32)31(39)36-23-8-2-1-3-9-23/h1-4,6,8-10,12,14-19H,5,7,11,13,20H2,(H,35,38)(H,36,39). The van der Waals surface area contributed by atoms with Crippen LogP contribution in [0.15, 0.2) is 90.1 Å². The average Bonchev–Trinajstić information content (AvgIpc) is 3.51. The zero-order valence-corrected chi connectivity index (χ0v) is 22.5. The van der Waals surface area contributed by atoms with E-state index in [-0.39, 0.29) is 24.2 Å². The van der Waals surface area contributed by atoms with Gasteiger partial charge in [-0.1, -0.05) is 36.4 Å². The van der Waals surface area contributed by atoms with Gasteiger partial charge in [-0.3, -0.25) is 9.59 Å². The Hall–Kier alpha value is -4.56. The van der Waals surface area contributed by atoms with Crippen molar-refractivity contribution in [3.8, 4) is 0 Å². The second-order valence-corrected chi connectivity index (χ2v) is 10.8. The van der Waals surface area contributed by atoms with Crippen LogP contribution in [-0.2, 0) is 24.2 Å². The van der Waals surface area contributed by atoms with E-state index in [0.717, 1.165) is 53.4 Å². The molecule has 0 atom stereocenters. The topological polar surface area (TPSA) is 75.5 Å². The molecule has 0 aliphatic heterocycles. The molecule has 2 aromatic heterocycles. The number of hydrogen-bond donors (Lipinski definition) is 2. The first-order valence-electron chi connectivity index (χ1n) is 13.2. The van der Waals surface area contributed by atoms with Gasteiger partial charge in [-0.25, -0.2) is 9.38 Å². The summed E-state index contributed by atoms with van der Waals surface area (Å²) in [6, 6.07) is 23.0. The van der Waals surface area contributed by atoms with E-state index in [1.807, 2.05) is 65.4 Å². The lowest BCUT2D eigenvalue weighted by Crippen LogP contribution is -2.18. The third kappa shape index (κ3) is 5.44. The summed E-state index contributed by atoms with van der Waals surface area (Å²) in [6.07, 6.45) is 7.70. The Balaban J connectivity index is 1.29. The van der Waals surface area contributed by atoms with E-state index in [1.54, 1.807) is 17.6 Å². The molecule has 200 valence electrons. The Morgan fingerprint density at radius 1 is 0.900 bits per heavy atom. The minimum absolute atomic E-state index is 0.0871. The van der Waals surface area contributed by atoms with E-state index in [1.165, 1.54) is 29.1 Å². The van der Waals surface area contributed by atoms with Gasteiger partial charge in [-0.15, -0.1) is 11.3 Å². The molecule has 2 N–H and O–H groups in total. The van der Waals surface area contributed by atoms with Gasteiger partial charge >= 0.3 is 0 Å². The fourth-order valence-electron chi connectivity index (χ4n) is 5.12. The third-order valence-electron chi connectivity index (χ3n) is 6.99. The van der Waals surface area contributed by atoms with Crippen molar-refractivity contribution in [1.82, 2.24) is 4.57 Å². The predicted molar refractivity (Wildman–Crippen MR) is 160 cm³/mol. The lowest BCUT2D eigenvalue weighted by Gasteiger charge is -2.12. The van der Waals surface area contributed by atoms with Crippen molar-refractivity contribution in [3.63, 3.8) is 0 Å². The SMILES string of the molecule is O=C(Cn1cc(C=Nc2sc3c(c2C(=O)Nc2ccccc2)CCCC3)c2ccccc21)Nc1ccc(F)cc1. The monoisotopic (exact) mass is 550 g/mol. The van der Waals surface area contributed by atoms with Gasteiger partial charge in [0.25, 0.3) is 5.91 Å². The maximum absolute atomic E-state index is 13.4. The number of amides is 2. The summed E-state index contributed by atoms with van der Waals surface area (Å²) in [5.74, 6) is -0.718. The van der Waals surface area contributed by atoms with Crippen LogP contribution in [0.1, 0.15) is 39.2 Å². The lowest BCUT2D eigenvalue weighted by molar-refractivity contribution is -0.116. The highest BCUT2D eigenvalue weighted by Crippen LogP contribution is 2.40. The van der Waals surface area contributed by atoms with Crippen LogP contribution in [0.25, 0.3) is 10.9 Å². The van der Waals surface area contributed by atoms with Gasteiger partial charge in [0, 0.05) is 45.1 Å². The highest BCUT2D eigenvalue weighted by Gasteiger charge is 2.25. The van der Waals surface area contributed by atoms with Crippen molar-refractivity contribution in [2.24, 2.45) is 4.99 Å². The van der Waals surface area contributed by atoms with Gasteiger partial charge < -0.3 is 15.2 Å². The molecule has 3 aromatic carbocycles. The van der Waals surface area contributed by atoms with E-state index >= 15 is 0 Å². The summed E-state index contributed by atoms with van der Waals surface area (Å²) in [5, 5.41) is 7.51. The van der Waals surface area contributed by atoms with Crippen LogP contribution in [0.2, 0.25) is 0 Å². The minimum atomic E-state index is -0.356. The number of nitrogens with one attached hydrogen (secondary N) is 2. The van der Waals surface area contributed by atoms with Gasteiger partial charge in [0.2, 0.25) is 5.91 Å². The van der Waals surface area contributed by atoms with Crippen LogP contribution in [0.5, 0.6) is 0 Å². The van der Waals surface area contributed by atoms with Crippen LogP contribution < -0.4 is 10.6 Å². The number of hydrogen-bond acceptors (Lipinski definition) is 4. The molecule has 1 aliphatic carbocycles. The maximum Gasteiger partial charge on any atom is 0.259 e. The summed E-state index contributed by atoms with van der Waals surface area (Å²) in [6.45, 7) is 0.0871. The van der Waals surface area contributed by atoms with Crippen LogP contribution in [-0.4, -0.2) is 22.6 Å². The van der Waals surface area contributed by atoms with Crippen LogP contribution in [0, 0.1) is 5.82 Å². The fraction of sp³-hybridized carbons (Fsp3) is 0.156. The van der Waals surface area contributed by atoms with Gasteiger partial charge in [-0.2, -0.15) is 0 Å². The van der Waals surface area contributed by atoms with Gasteiger partial charge in [0.1, 0.15) is 17.4 Å². The van der Waals surface area contributed by atoms with Crippen molar-refractivity contribution in [1.29, 1.82) is 0 Å². The predicted octanol–water partition coefficient (Wildman–Crippen LogP) is 7.36. The summed E-state index contributed by atoms with van der Waals surface area (Å²) in [7, 11) is 0. The van der Waals surface area contributed by atoms with Crippen molar-refractivity contribution in [2.45, 2.75) is 32.2 Å². The molecule has 40 heavy (non-hydrogen) atoms. The molecule has 0 radical (unpaired) electrons. The number of benzene rings is 3. The second kappa shape index (κ2) is 11.3. The molecule has 2 amide bonds. The third-order valence-corrected chi connectivity index (χ3v) is 8.19. The molecule has 0 saturated heterocycles. The Kier molecular flexibility index (Phi) is 7.25. The van der Waals surface area contributed by atoms with Gasteiger partial charge in [-0.05, 0) is 73.7 Å². The van der Waals surface area contributed by atoms with Crippen LogP contribution in [0.4, 0.5) is 20.8 Å².